The number of fused-ring (bicyclic) bond motifs is 1. The van der Waals surface area contributed by atoms with Crippen molar-refractivity contribution in [2.75, 3.05) is 27.8 Å². The monoisotopic (exact) mass is 347 g/mol. The van der Waals surface area contributed by atoms with Gasteiger partial charge in [-0.3, -0.25) is 9.78 Å². The number of aromatic amines is 1. The predicted molar refractivity (Wildman–Crippen MR) is 89.3 cm³/mol. The van der Waals surface area contributed by atoms with Gasteiger partial charge in [0.2, 0.25) is 5.95 Å². The van der Waals surface area contributed by atoms with E-state index in [0.29, 0.717) is 0 Å². The summed E-state index contributed by atoms with van der Waals surface area (Å²) < 4.78 is 9.51. The molecule has 132 valence electrons. The molecule has 0 bridgehead atoms. The van der Waals surface area contributed by atoms with Crippen LogP contribution in [0.1, 0.15) is 27.9 Å². The Morgan fingerprint density at radius 1 is 1.32 bits per heavy atom. The van der Waals surface area contributed by atoms with E-state index in [1.54, 1.807) is 25.9 Å². The third kappa shape index (κ3) is 3.97. The van der Waals surface area contributed by atoms with Crippen LogP contribution in [0, 0.1) is 0 Å². The normalized spacial score (nSPS) is 10.9. The molecule has 0 saturated heterocycles. The van der Waals surface area contributed by atoms with E-state index in [0.717, 1.165) is 7.11 Å². The molecule has 2 aromatic heterocycles. The first kappa shape index (κ1) is 18.0. The Morgan fingerprint density at radius 2 is 2.04 bits per heavy atom. The maximum absolute atomic E-state index is 12.3. The fraction of sp³-hybridized carbons (Fsp3) is 0.333. The van der Waals surface area contributed by atoms with Crippen molar-refractivity contribution in [3.63, 3.8) is 0 Å². The number of carbonyl (C=O) groups excluding carboxylic acids is 2. The molecule has 2 rings (SSSR count). The summed E-state index contributed by atoms with van der Waals surface area (Å²) in [5, 5.41) is -0.0938. The van der Waals surface area contributed by atoms with Crippen LogP contribution in [0.25, 0.3) is 10.9 Å². The Hall–Kier alpha value is -3.30. The van der Waals surface area contributed by atoms with Crippen molar-refractivity contribution >= 4 is 35.1 Å². The highest BCUT2D eigenvalue weighted by molar-refractivity contribution is 6.03. The molecule has 0 spiro atoms. The SMILES string of the molecule is CCOC(=O)c1cc2nc(/N=C/N(C)C)[nH]c(=O)c2c(C(=O)OC)n1. The number of aliphatic imine (C=N–C) groups is 1. The van der Waals surface area contributed by atoms with Crippen molar-refractivity contribution in [2.45, 2.75) is 6.92 Å². The van der Waals surface area contributed by atoms with Crippen molar-refractivity contribution < 1.29 is 19.1 Å². The average molecular weight is 347 g/mol. The molecular weight excluding hydrogens is 330 g/mol. The van der Waals surface area contributed by atoms with Crippen LogP contribution in [-0.4, -0.2) is 65.9 Å². The Bertz CT molecular complexity index is 903. The standard InChI is InChI=1S/C15H17N5O5/c1-5-25-13(22)9-6-8-10(11(17-9)14(23)24-4)12(21)19-15(18-8)16-7-20(2)3/h6-7H,5H2,1-4H3,(H,18,19,21)/b16-7+. The van der Waals surface area contributed by atoms with Gasteiger partial charge in [0.05, 0.1) is 31.0 Å². The molecule has 2 heterocycles. The van der Waals surface area contributed by atoms with Crippen LogP contribution >= 0.6 is 0 Å². The Labute approximate surface area is 142 Å². The molecule has 0 unspecified atom stereocenters. The third-order valence-electron chi connectivity index (χ3n) is 2.95. The van der Waals surface area contributed by atoms with Crippen LogP contribution in [0.2, 0.25) is 0 Å². The van der Waals surface area contributed by atoms with Gasteiger partial charge in [-0.05, 0) is 13.0 Å². The van der Waals surface area contributed by atoms with Crippen LogP contribution in [0.4, 0.5) is 5.95 Å². The van der Waals surface area contributed by atoms with Crippen LogP contribution < -0.4 is 5.56 Å². The first-order valence-corrected chi connectivity index (χ1v) is 7.28. The minimum Gasteiger partial charge on any atom is -0.464 e. The lowest BCUT2D eigenvalue weighted by molar-refractivity contribution is 0.0519. The molecule has 10 heteroatoms. The second kappa shape index (κ2) is 7.51. The number of ether oxygens (including phenoxy) is 2. The van der Waals surface area contributed by atoms with Gasteiger partial charge < -0.3 is 14.4 Å². The molecular formula is C15H17N5O5. The molecule has 0 radical (unpaired) electrons. The molecule has 0 aromatic carbocycles. The Morgan fingerprint density at radius 3 is 2.64 bits per heavy atom. The summed E-state index contributed by atoms with van der Waals surface area (Å²) >= 11 is 0. The molecule has 0 fully saturated rings. The maximum Gasteiger partial charge on any atom is 0.357 e. The van der Waals surface area contributed by atoms with Crippen molar-refractivity contribution in [2.24, 2.45) is 4.99 Å². The number of rotatable bonds is 5. The zero-order chi connectivity index (χ0) is 18.6. The Balaban J connectivity index is 2.74. The summed E-state index contributed by atoms with van der Waals surface area (Å²) in [4.78, 5) is 52.4. The van der Waals surface area contributed by atoms with Gasteiger partial charge >= 0.3 is 11.9 Å². The van der Waals surface area contributed by atoms with Crippen molar-refractivity contribution in [3.8, 4) is 0 Å². The lowest BCUT2D eigenvalue weighted by atomic mass is 10.2. The highest BCUT2D eigenvalue weighted by Gasteiger charge is 2.21. The van der Waals surface area contributed by atoms with Crippen molar-refractivity contribution in [3.05, 3.63) is 27.8 Å². The molecule has 0 atom stereocenters. The number of aromatic nitrogens is 3. The number of carbonyl (C=O) groups is 2. The minimum absolute atomic E-state index is 0.0167. The number of hydrogen-bond acceptors (Lipinski definition) is 8. The predicted octanol–water partition coefficient (Wildman–Crippen LogP) is 0.503. The van der Waals surface area contributed by atoms with E-state index in [1.165, 1.54) is 12.4 Å². The van der Waals surface area contributed by atoms with E-state index in [2.05, 4.69) is 24.7 Å². The maximum atomic E-state index is 12.3. The Kier molecular flexibility index (Phi) is 5.42. The summed E-state index contributed by atoms with van der Waals surface area (Å²) in [5.74, 6) is -1.59. The third-order valence-corrected chi connectivity index (χ3v) is 2.95. The molecule has 2 aromatic rings. The molecule has 0 amide bonds. The molecule has 25 heavy (non-hydrogen) atoms. The van der Waals surface area contributed by atoms with Crippen LogP contribution in [0.15, 0.2) is 15.9 Å². The number of hydrogen-bond donors (Lipinski definition) is 1. The summed E-state index contributed by atoms with van der Waals surface area (Å²) in [6.07, 6.45) is 1.44. The number of nitrogens with one attached hydrogen (secondary N) is 1. The average Bonchev–Trinajstić information content (AvgIpc) is 2.58. The number of H-pyrrole nitrogens is 1. The van der Waals surface area contributed by atoms with Gasteiger partial charge in [0.15, 0.2) is 11.4 Å². The molecule has 0 aliphatic carbocycles. The largest absolute Gasteiger partial charge is 0.464 e. The summed E-state index contributed by atoms with van der Waals surface area (Å²) in [6, 6.07) is 1.27. The molecule has 10 nitrogen and oxygen atoms in total. The van der Waals surface area contributed by atoms with Crippen LogP contribution in [0.3, 0.4) is 0 Å². The number of pyridine rings is 1. The van der Waals surface area contributed by atoms with E-state index < -0.39 is 17.5 Å². The second-order valence-electron chi connectivity index (χ2n) is 5.06. The van der Waals surface area contributed by atoms with Crippen molar-refractivity contribution in [1.82, 2.24) is 19.9 Å². The number of methoxy groups -OCH3 is 1. The van der Waals surface area contributed by atoms with Crippen molar-refractivity contribution in [1.29, 1.82) is 0 Å². The number of nitrogens with zero attached hydrogens (tertiary/aromatic N) is 4. The molecule has 0 saturated carbocycles. The topological polar surface area (TPSA) is 127 Å². The van der Waals surface area contributed by atoms with Gasteiger partial charge in [0.1, 0.15) is 0 Å². The van der Waals surface area contributed by atoms with Gasteiger partial charge in [-0.15, -0.1) is 0 Å². The van der Waals surface area contributed by atoms with Gasteiger partial charge in [0, 0.05) is 14.1 Å². The molecule has 0 aliphatic heterocycles. The fourth-order valence-electron chi connectivity index (χ4n) is 1.94. The molecule has 1 N–H and O–H groups in total. The van der Waals surface area contributed by atoms with Gasteiger partial charge in [-0.1, -0.05) is 0 Å². The van der Waals surface area contributed by atoms with Crippen LogP contribution in [0.5, 0.6) is 0 Å². The summed E-state index contributed by atoms with van der Waals surface area (Å²) in [5.41, 5.74) is -1.03. The lowest BCUT2D eigenvalue weighted by Gasteiger charge is -2.07. The second-order valence-corrected chi connectivity index (χ2v) is 5.06. The zero-order valence-corrected chi connectivity index (χ0v) is 14.2. The van der Waals surface area contributed by atoms with Crippen LogP contribution in [-0.2, 0) is 9.47 Å². The summed E-state index contributed by atoms with van der Waals surface area (Å²) in [6.45, 7) is 1.77. The quantitative estimate of drug-likeness (QED) is 0.471. The van der Waals surface area contributed by atoms with E-state index in [1.807, 2.05) is 0 Å². The van der Waals surface area contributed by atoms with E-state index in [4.69, 9.17) is 4.74 Å². The minimum atomic E-state index is -0.868. The molecule has 0 aliphatic rings. The van der Waals surface area contributed by atoms with E-state index in [9.17, 15) is 14.4 Å². The first-order valence-electron chi connectivity index (χ1n) is 7.28. The van der Waals surface area contributed by atoms with Gasteiger partial charge in [-0.25, -0.2) is 24.5 Å². The zero-order valence-electron chi connectivity index (χ0n) is 14.2. The first-order chi connectivity index (χ1) is 11.9. The summed E-state index contributed by atoms with van der Waals surface area (Å²) in [7, 11) is 4.64. The highest BCUT2D eigenvalue weighted by atomic mass is 16.5. The van der Waals surface area contributed by atoms with Gasteiger partial charge in [-0.2, -0.15) is 0 Å². The van der Waals surface area contributed by atoms with Gasteiger partial charge in [0.25, 0.3) is 5.56 Å². The smallest absolute Gasteiger partial charge is 0.357 e. The van der Waals surface area contributed by atoms with E-state index in [-0.39, 0.29) is 34.8 Å². The highest BCUT2D eigenvalue weighted by Crippen LogP contribution is 2.17. The number of esters is 2. The van der Waals surface area contributed by atoms with E-state index >= 15 is 0 Å². The fourth-order valence-corrected chi connectivity index (χ4v) is 1.94. The lowest BCUT2D eigenvalue weighted by Crippen LogP contribution is -2.18.